The maximum absolute atomic E-state index is 12.2. The highest BCUT2D eigenvalue weighted by molar-refractivity contribution is 9.10. The maximum Gasteiger partial charge on any atom is 0.410 e. The molecule has 2 unspecified atom stereocenters. The lowest BCUT2D eigenvalue weighted by Gasteiger charge is -2.24. The maximum atomic E-state index is 12.2. The molecule has 0 bridgehead atoms. The number of hydrogen-bond donors (Lipinski definition) is 1. The van der Waals surface area contributed by atoms with Gasteiger partial charge in [-0.15, -0.1) is 0 Å². The van der Waals surface area contributed by atoms with E-state index in [-0.39, 0.29) is 12.5 Å². The Balaban J connectivity index is 2.25. The highest BCUT2D eigenvalue weighted by Crippen LogP contribution is 2.35. The Morgan fingerprint density at radius 2 is 1.91 bits per heavy atom. The van der Waals surface area contributed by atoms with E-state index in [1.165, 1.54) is 4.90 Å². The Morgan fingerprint density at radius 3 is 2.43 bits per heavy atom. The van der Waals surface area contributed by atoms with Gasteiger partial charge < -0.3 is 14.7 Å². The standard InChI is InChI=1S/C17H22BrNO4/c1-10-5-11(7-12(18)6-10)13-8-19(9-14(13)15(20)21)16(22)23-17(2,3)4/h5-7,13-14H,8-9H2,1-4H3,(H,20,21). The molecule has 1 aromatic carbocycles. The molecule has 1 fully saturated rings. The molecule has 2 rings (SSSR count). The molecule has 1 saturated heterocycles. The first-order valence-electron chi connectivity index (χ1n) is 7.54. The van der Waals surface area contributed by atoms with Crippen molar-refractivity contribution >= 4 is 28.0 Å². The van der Waals surface area contributed by atoms with Crippen LogP contribution in [0.1, 0.15) is 37.8 Å². The molecule has 0 aromatic heterocycles. The van der Waals surface area contributed by atoms with Gasteiger partial charge in [0, 0.05) is 23.5 Å². The minimum Gasteiger partial charge on any atom is -0.481 e. The van der Waals surface area contributed by atoms with Crippen LogP contribution in [0.25, 0.3) is 0 Å². The Kier molecular flexibility index (Phi) is 5.04. The number of halogens is 1. The van der Waals surface area contributed by atoms with E-state index in [0.717, 1.165) is 15.6 Å². The van der Waals surface area contributed by atoms with Crippen molar-refractivity contribution in [2.45, 2.75) is 39.2 Å². The van der Waals surface area contributed by atoms with Crippen molar-refractivity contribution < 1.29 is 19.4 Å². The van der Waals surface area contributed by atoms with E-state index in [0.29, 0.717) is 6.54 Å². The van der Waals surface area contributed by atoms with Gasteiger partial charge in [0.2, 0.25) is 0 Å². The number of amides is 1. The van der Waals surface area contributed by atoms with Crippen molar-refractivity contribution in [3.05, 3.63) is 33.8 Å². The SMILES string of the molecule is Cc1cc(Br)cc(C2CN(C(=O)OC(C)(C)C)CC2C(=O)O)c1. The first-order chi connectivity index (χ1) is 10.6. The molecule has 1 aliphatic heterocycles. The van der Waals surface area contributed by atoms with Gasteiger partial charge in [-0.05, 0) is 51.0 Å². The van der Waals surface area contributed by atoms with Crippen LogP contribution >= 0.6 is 15.9 Å². The predicted molar refractivity (Wildman–Crippen MR) is 90.6 cm³/mol. The van der Waals surface area contributed by atoms with E-state index in [9.17, 15) is 14.7 Å². The van der Waals surface area contributed by atoms with E-state index in [2.05, 4.69) is 15.9 Å². The van der Waals surface area contributed by atoms with Gasteiger partial charge in [0.25, 0.3) is 0 Å². The van der Waals surface area contributed by atoms with Crippen molar-refractivity contribution in [3.8, 4) is 0 Å². The molecule has 0 saturated carbocycles. The summed E-state index contributed by atoms with van der Waals surface area (Å²) in [4.78, 5) is 25.4. The lowest BCUT2D eigenvalue weighted by atomic mass is 9.88. The van der Waals surface area contributed by atoms with E-state index in [1.807, 2.05) is 25.1 Å². The molecule has 1 aliphatic rings. The number of carbonyl (C=O) groups excluding carboxylic acids is 1. The summed E-state index contributed by atoms with van der Waals surface area (Å²) in [6, 6.07) is 5.87. The fourth-order valence-electron chi connectivity index (χ4n) is 2.85. The van der Waals surface area contributed by atoms with Crippen LogP contribution in [0.3, 0.4) is 0 Å². The zero-order chi connectivity index (χ0) is 17.4. The van der Waals surface area contributed by atoms with E-state index >= 15 is 0 Å². The minimum atomic E-state index is -0.890. The fourth-order valence-corrected chi connectivity index (χ4v) is 3.47. The summed E-state index contributed by atoms with van der Waals surface area (Å²) < 4.78 is 6.28. The van der Waals surface area contributed by atoms with Crippen LogP contribution in [0.2, 0.25) is 0 Å². The van der Waals surface area contributed by atoms with E-state index < -0.39 is 23.6 Å². The number of carbonyl (C=O) groups is 2. The number of ether oxygens (including phenoxy) is 1. The summed E-state index contributed by atoms with van der Waals surface area (Å²) in [6.45, 7) is 7.87. The van der Waals surface area contributed by atoms with Crippen molar-refractivity contribution in [1.29, 1.82) is 0 Å². The Labute approximate surface area is 144 Å². The highest BCUT2D eigenvalue weighted by Gasteiger charge is 2.41. The Morgan fingerprint density at radius 1 is 1.26 bits per heavy atom. The number of rotatable bonds is 2. The van der Waals surface area contributed by atoms with Gasteiger partial charge in [0.1, 0.15) is 5.60 Å². The topological polar surface area (TPSA) is 66.8 Å². The minimum absolute atomic E-state index is 0.167. The average Bonchev–Trinajstić information content (AvgIpc) is 2.80. The molecule has 126 valence electrons. The molecule has 1 N–H and O–H groups in total. The Hall–Kier alpha value is -1.56. The molecule has 23 heavy (non-hydrogen) atoms. The highest BCUT2D eigenvalue weighted by atomic mass is 79.9. The van der Waals surface area contributed by atoms with Gasteiger partial charge >= 0.3 is 12.1 Å². The molecule has 6 heteroatoms. The summed E-state index contributed by atoms with van der Waals surface area (Å²) >= 11 is 3.45. The number of hydrogen-bond acceptors (Lipinski definition) is 3. The van der Waals surface area contributed by atoms with Crippen LogP contribution in [0.15, 0.2) is 22.7 Å². The predicted octanol–water partition coefficient (Wildman–Crippen LogP) is 3.79. The third kappa shape index (κ3) is 4.47. The zero-order valence-electron chi connectivity index (χ0n) is 13.8. The second kappa shape index (κ2) is 6.51. The molecular weight excluding hydrogens is 362 g/mol. The van der Waals surface area contributed by atoms with Crippen molar-refractivity contribution in [3.63, 3.8) is 0 Å². The van der Waals surface area contributed by atoms with Gasteiger partial charge in [-0.1, -0.05) is 22.0 Å². The van der Waals surface area contributed by atoms with Gasteiger partial charge in [0.05, 0.1) is 5.92 Å². The number of aliphatic carboxylic acids is 1. The summed E-state index contributed by atoms with van der Waals surface area (Å²) in [6.07, 6.45) is -0.460. The second-order valence-electron chi connectivity index (χ2n) is 7.00. The summed E-state index contributed by atoms with van der Waals surface area (Å²) in [7, 11) is 0. The molecule has 0 spiro atoms. The molecule has 0 radical (unpaired) electrons. The first-order valence-corrected chi connectivity index (χ1v) is 8.34. The summed E-state index contributed by atoms with van der Waals surface area (Å²) in [5.41, 5.74) is 1.38. The van der Waals surface area contributed by atoms with Crippen LogP contribution < -0.4 is 0 Å². The number of carboxylic acids is 1. The van der Waals surface area contributed by atoms with Crippen LogP contribution in [0.5, 0.6) is 0 Å². The largest absolute Gasteiger partial charge is 0.481 e. The third-order valence-electron chi connectivity index (χ3n) is 3.78. The van der Waals surface area contributed by atoms with Crippen LogP contribution in [0.4, 0.5) is 4.79 Å². The summed E-state index contributed by atoms with van der Waals surface area (Å²) in [5, 5.41) is 9.53. The number of nitrogens with zero attached hydrogens (tertiary/aromatic N) is 1. The van der Waals surface area contributed by atoms with Crippen molar-refractivity contribution in [2.24, 2.45) is 5.92 Å². The molecule has 1 amide bonds. The zero-order valence-corrected chi connectivity index (χ0v) is 15.4. The normalized spacial score (nSPS) is 21.3. The third-order valence-corrected chi connectivity index (χ3v) is 4.24. The lowest BCUT2D eigenvalue weighted by Crippen LogP contribution is -2.35. The molecule has 1 aromatic rings. The molecule has 0 aliphatic carbocycles. The van der Waals surface area contributed by atoms with E-state index in [4.69, 9.17) is 4.74 Å². The molecule has 2 atom stereocenters. The smallest absolute Gasteiger partial charge is 0.410 e. The average molecular weight is 384 g/mol. The lowest BCUT2D eigenvalue weighted by molar-refractivity contribution is -0.141. The molecule has 1 heterocycles. The summed E-state index contributed by atoms with van der Waals surface area (Å²) in [5.74, 6) is -1.76. The van der Waals surface area contributed by atoms with Crippen molar-refractivity contribution in [2.75, 3.05) is 13.1 Å². The number of aryl methyl sites for hydroxylation is 1. The van der Waals surface area contributed by atoms with Crippen LogP contribution in [-0.4, -0.2) is 40.8 Å². The number of carboxylic acid groups (broad SMARTS) is 1. The van der Waals surface area contributed by atoms with Crippen LogP contribution in [-0.2, 0) is 9.53 Å². The fraction of sp³-hybridized carbons (Fsp3) is 0.529. The van der Waals surface area contributed by atoms with Gasteiger partial charge in [0.15, 0.2) is 0 Å². The van der Waals surface area contributed by atoms with Gasteiger partial charge in [-0.25, -0.2) is 4.79 Å². The second-order valence-corrected chi connectivity index (χ2v) is 7.91. The van der Waals surface area contributed by atoms with Gasteiger partial charge in [-0.3, -0.25) is 4.79 Å². The van der Waals surface area contributed by atoms with Crippen molar-refractivity contribution in [1.82, 2.24) is 4.90 Å². The quantitative estimate of drug-likeness (QED) is 0.843. The van der Waals surface area contributed by atoms with Crippen LogP contribution in [0, 0.1) is 12.8 Å². The van der Waals surface area contributed by atoms with Gasteiger partial charge in [-0.2, -0.15) is 0 Å². The monoisotopic (exact) mass is 383 g/mol. The Bertz CT molecular complexity index is 603. The number of benzene rings is 1. The number of likely N-dealkylation sites (tertiary alicyclic amines) is 1. The molecule has 5 nitrogen and oxygen atoms in total. The molecular formula is C17H22BrNO4. The first kappa shape index (κ1) is 17.8. The van der Waals surface area contributed by atoms with E-state index in [1.54, 1.807) is 20.8 Å².